The quantitative estimate of drug-likeness (QED) is 0.848. The number of anilines is 1. The van der Waals surface area contributed by atoms with E-state index in [1.165, 1.54) is 0 Å². The van der Waals surface area contributed by atoms with E-state index in [9.17, 15) is 9.59 Å². The minimum absolute atomic E-state index is 0.274. The van der Waals surface area contributed by atoms with E-state index in [0.29, 0.717) is 17.1 Å². The number of amides is 1. The third-order valence-electron chi connectivity index (χ3n) is 3.55. The van der Waals surface area contributed by atoms with Gasteiger partial charge in [-0.15, -0.1) is 0 Å². The Labute approximate surface area is 140 Å². The summed E-state index contributed by atoms with van der Waals surface area (Å²) < 4.78 is 6.81. The summed E-state index contributed by atoms with van der Waals surface area (Å²) in [4.78, 5) is 22.9. The number of hydrogen-bond acceptors (Lipinski definition) is 4. The molecular weight excluding hydrogens is 310 g/mol. The highest BCUT2D eigenvalue weighted by Gasteiger charge is 2.15. The van der Waals surface area contributed by atoms with Gasteiger partial charge in [0, 0.05) is 18.4 Å². The monoisotopic (exact) mass is 331 g/mol. The Hall–Kier alpha value is -2.83. The van der Waals surface area contributed by atoms with Gasteiger partial charge in [-0.05, 0) is 42.7 Å². The van der Waals surface area contributed by atoms with Crippen LogP contribution in [0.4, 0.5) is 5.69 Å². The summed E-state index contributed by atoms with van der Waals surface area (Å²) in [6, 6.07) is 6.75. The molecule has 1 amide bonds. The van der Waals surface area contributed by atoms with Gasteiger partial charge in [0.25, 0.3) is 5.91 Å². The van der Waals surface area contributed by atoms with Crippen LogP contribution in [-0.4, -0.2) is 33.4 Å². The molecule has 0 spiro atoms. The van der Waals surface area contributed by atoms with Crippen LogP contribution >= 0.6 is 0 Å². The number of rotatable bonds is 6. The summed E-state index contributed by atoms with van der Waals surface area (Å²) in [5, 5.41) is 15.7. The molecule has 2 rings (SSSR count). The number of ether oxygens (including phenoxy) is 1. The number of carboxylic acid groups (broad SMARTS) is 1. The molecule has 0 aliphatic carbocycles. The minimum atomic E-state index is -1.04. The van der Waals surface area contributed by atoms with Gasteiger partial charge < -0.3 is 15.2 Å². The minimum Gasteiger partial charge on any atom is -0.482 e. The van der Waals surface area contributed by atoms with Crippen molar-refractivity contribution in [2.75, 3.05) is 11.9 Å². The van der Waals surface area contributed by atoms with E-state index in [1.54, 1.807) is 35.9 Å². The normalized spacial score (nSPS) is 10.7. The first-order valence-electron chi connectivity index (χ1n) is 7.58. The standard InChI is InChI=1S/C17H21N3O4/c1-10(2)15-8-14(19-20(15)4)17(23)18-13-6-5-12(7-11(13)3)24-9-16(21)22/h5-8,10H,9H2,1-4H3,(H,18,23)(H,21,22). The Morgan fingerprint density at radius 1 is 1.33 bits per heavy atom. The number of nitrogens with zero attached hydrogens (tertiary/aromatic N) is 2. The van der Waals surface area contributed by atoms with E-state index in [2.05, 4.69) is 10.4 Å². The van der Waals surface area contributed by atoms with E-state index in [4.69, 9.17) is 9.84 Å². The summed E-state index contributed by atoms with van der Waals surface area (Å²) in [6.07, 6.45) is 0. The number of carbonyl (C=O) groups excluding carboxylic acids is 1. The van der Waals surface area contributed by atoms with Crippen LogP contribution in [0.5, 0.6) is 5.75 Å². The maximum absolute atomic E-state index is 12.4. The number of aryl methyl sites for hydroxylation is 2. The molecule has 0 aliphatic rings. The van der Waals surface area contributed by atoms with Crippen molar-refractivity contribution in [3.05, 3.63) is 41.2 Å². The van der Waals surface area contributed by atoms with Gasteiger partial charge in [0.2, 0.25) is 0 Å². The lowest BCUT2D eigenvalue weighted by molar-refractivity contribution is -0.139. The van der Waals surface area contributed by atoms with Gasteiger partial charge >= 0.3 is 5.97 Å². The van der Waals surface area contributed by atoms with Crippen LogP contribution in [0, 0.1) is 6.92 Å². The molecular formula is C17H21N3O4. The second-order valence-electron chi connectivity index (χ2n) is 5.85. The summed E-state index contributed by atoms with van der Waals surface area (Å²) in [5.74, 6) is -0.620. The number of benzene rings is 1. The molecule has 7 nitrogen and oxygen atoms in total. The molecule has 2 aromatic rings. The van der Waals surface area contributed by atoms with Crippen molar-refractivity contribution in [3.63, 3.8) is 0 Å². The molecule has 1 aromatic heterocycles. The second-order valence-corrected chi connectivity index (χ2v) is 5.85. The molecule has 0 unspecified atom stereocenters. The van der Waals surface area contributed by atoms with Crippen molar-refractivity contribution < 1.29 is 19.4 Å². The molecule has 2 N–H and O–H groups in total. The highest BCUT2D eigenvalue weighted by molar-refractivity contribution is 6.03. The molecule has 7 heteroatoms. The van der Waals surface area contributed by atoms with Crippen LogP contribution in [0.15, 0.2) is 24.3 Å². The maximum atomic E-state index is 12.4. The molecule has 0 saturated carbocycles. The van der Waals surface area contributed by atoms with E-state index >= 15 is 0 Å². The van der Waals surface area contributed by atoms with Crippen molar-refractivity contribution in [3.8, 4) is 5.75 Å². The molecule has 0 fully saturated rings. The van der Waals surface area contributed by atoms with Crippen LogP contribution in [0.2, 0.25) is 0 Å². The van der Waals surface area contributed by atoms with Gasteiger partial charge in [0.1, 0.15) is 5.75 Å². The largest absolute Gasteiger partial charge is 0.482 e. The van der Waals surface area contributed by atoms with Crippen LogP contribution < -0.4 is 10.1 Å². The number of hydrogen-bond donors (Lipinski definition) is 2. The summed E-state index contributed by atoms with van der Waals surface area (Å²) in [6.45, 7) is 5.48. The predicted octanol–water partition coefficient (Wildman–Crippen LogP) is 2.57. The predicted molar refractivity (Wildman–Crippen MR) is 89.6 cm³/mol. The molecule has 128 valence electrons. The van der Waals surface area contributed by atoms with Crippen molar-refractivity contribution in [1.82, 2.24) is 9.78 Å². The van der Waals surface area contributed by atoms with E-state index in [0.717, 1.165) is 11.3 Å². The van der Waals surface area contributed by atoms with Gasteiger partial charge in [-0.25, -0.2) is 4.79 Å². The number of carbonyl (C=O) groups is 2. The molecule has 0 aliphatic heterocycles. The van der Waals surface area contributed by atoms with Crippen molar-refractivity contribution >= 4 is 17.6 Å². The Balaban J connectivity index is 2.11. The fourth-order valence-electron chi connectivity index (χ4n) is 2.33. The third-order valence-corrected chi connectivity index (χ3v) is 3.55. The van der Waals surface area contributed by atoms with Gasteiger partial charge in [0.15, 0.2) is 12.3 Å². The van der Waals surface area contributed by atoms with Crippen LogP contribution in [0.1, 0.15) is 41.5 Å². The van der Waals surface area contributed by atoms with Crippen LogP contribution in [0.25, 0.3) is 0 Å². The lowest BCUT2D eigenvalue weighted by Crippen LogP contribution is -2.14. The first-order valence-corrected chi connectivity index (χ1v) is 7.58. The zero-order valence-corrected chi connectivity index (χ0v) is 14.2. The third kappa shape index (κ3) is 4.13. The Morgan fingerprint density at radius 3 is 2.58 bits per heavy atom. The highest BCUT2D eigenvalue weighted by Crippen LogP contribution is 2.22. The van der Waals surface area contributed by atoms with Gasteiger partial charge in [-0.1, -0.05) is 13.8 Å². The molecule has 0 atom stereocenters. The second kappa shape index (κ2) is 7.16. The van der Waals surface area contributed by atoms with E-state index in [-0.39, 0.29) is 11.8 Å². The molecule has 1 aromatic carbocycles. The molecule has 0 radical (unpaired) electrons. The van der Waals surface area contributed by atoms with Crippen molar-refractivity contribution in [2.24, 2.45) is 7.05 Å². The SMILES string of the molecule is Cc1cc(OCC(=O)O)ccc1NC(=O)c1cc(C(C)C)n(C)n1. The average molecular weight is 331 g/mol. The Kier molecular flexibility index (Phi) is 5.23. The molecule has 1 heterocycles. The van der Waals surface area contributed by atoms with Gasteiger partial charge in [-0.3, -0.25) is 9.48 Å². The average Bonchev–Trinajstić information content (AvgIpc) is 2.90. The smallest absolute Gasteiger partial charge is 0.341 e. The molecule has 0 saturated heterocycles. The topological polar surface area (TPSA) is 93.5 Å². The summed E-state index contributed by atoms with van der Waals surface area (Å²) >= 11 is 0. The zero-order valence-electron chi connectivity index (χ0n) is 14.2. The van der Waals surface area contributed by atoms with Gasteiger partial charge in [0.05, 0.1) is 0 Å². The number of nitrogens with one attached hydrogen (secondary N) is 1. The Bertz CT molecular complexity index is 765. The van der Waals surface area contributed by atoms with Crippen molar-refractivity contribution in [2.45, 2.75) is 26.7 Å². The Morgan fingerprint density at radius 2 is 2.04 bits per heavy atom. The molecule has 24 heavy (non-hydrogen) atoms. The first-order chi connectivity index (χ1) is 11.3. The summed E-state index contributed by atoms with van der Waals surface area (Å²) in [5.41, 5.74) is 2.73. The lowest BCUT2D eigenvalue weighted by Gasteiger charge is -2.09. The highest BCUT2D eigenvalue weighted by atomic mass is 16.5. The summed E-state index contributed by atoms with van der Waals surface area (Å²) in [7, 11) is 1.81. The zero-order chi connectivity index (χ0) is 17.9. The fourth-order valence-corrected chi connectivity index (χ4v) is 2.33. The van der Waals surface area contributed by atoms with E-state index < -0.39 is 12.6 Å². The fraction of sp³-hybridized carbons (Fsp3) is 0.353. The maximum Gasteiger partial charge on any atom is 0.341 e. The van der Waals surface area contributed by atoms with Crippen LogP contribution in [-0.2, 0) is 11.8 Å². The van der Waals surface area contributed by atoms with Gasteiger partial charge in [-0.2, -0.15) is 5.10 Å². The first kappa shape index (κ1) is 17.5. The number of aromatic nitrogens is 2. The number of carboxylic acids is 1. The molecule has 0 bridgehead atoms. The number of aliphatic carboxylic acids is 1. The lowest BCUT2D eigenvalue weighted by atomic mass is 10.1. The van der Waals surface area contributed by atoms with Crippen molar-refractivity contribution in [1.29, 1.82) is 0 Å². The van der Waals surface area contributed by atoms with Crippen LogP contribution in [0.3, 0.4) is 0 Å². The van der Waals surface area contributed by atoms with E-state index in [1.807, 2.05) is 20.9 Å².